The van der Waals surface area contributed by atoms with E-state index in [0.29, 0.717) is 18.0 Å². The molecular formula is C25H35N3O5S. The number of amides is 2. The van der Waals surface area contributed by atoms with Crippen LogP contribution in [-0.2, 0) is 26.2 Å². The number of hydrogen-bond acceptors (Lipinski definition) is 5. The highest BCUT2D eigenvalue weighted by atomic mass is 32.2. The van der Waals surface area contributed by atoms with Crippen molar-refractivity contribution in [3.63, 3.8) is 0 Å². The zero-order valence-corrected chi connectivity index (χ0v) is 21.4. The third kappa shape index (κ3) is 7.76. The van der Waals surface area contributed by atoms with E-state index in [-0.39, 0.29) is 12.5 Å². The fourth-order valence-corrected chi connectivity index (χ4v) is 4.22. The molecule has 0 unspecified atom stereocenters. The number of carbonyl (C=O) groups excluding carboxylic acids is 2. The van der Waals surface area contributed by atoms with Crippen molar-refractivity contribution in [2.24, 2.45) is 0 Å². The van der Waals surface area contributed by atoms with Crippen LogP contribution >= 0.6 is 0 Å². The summed E-state index contributed by atoms with van der Waals surface area (Å²) >= 11 is 0. The number of nitrogens with zero attached hydrogens (tertiary/aromatic N) is 2. The molecule has 0 aliphatic rings. The number of ether oxygens (including phenoxy) is 1. The number of rotatable bonds is 12. The molecule has 0 saturated heterocycles. The second-order valence-electron chi connectivity index (χ2n) is 8.30. The van der Waals surface area contributed by atoms with E-state index in [2.05, 4.69) is 5.32 Å². The summed E-state index contributed by atoms with van der Waals surface area (Å²) in [5.41, 5.74) is 2.27. The van der Waals surface area contributed by atoms with Crippen LogP contribution in [-0.4, -0.2) is 57.6 Å². The van der Waals surface area contributed by atoms with Crippen molar-refractivity contribution in [3.8, 4) is 5.75 Å². The lowest BCUT2D eigenvalue weighted by molar-refractivity contribution is -0.139. The zero-order valence-electron chi connectivity index (χ0n) is 20.6. The Balaban J connectivity index is 2.32. The van der Waals surface area contributed by atoms with Crippen LogP contribution in [0.5, 0.6) is 5.75 Å². The molecule has 9 heteroatoms. The van der Waals surface area contributed by atoms with Crippen LogP contribution < -0.4 is 14.4 Å². The highest BCUT2D eigenvalue weighted by molar-refractivity contribution is 7.92. The first-order valence-corrected chi connectivity index (χ1v) is 13.2. The maximum atomic E-state index is 13.5. The number of unbranched alkanes of at least 4 members (excludes halogenated alkanes) is 1. The fourth-order valence-electron chi connectivity index (χ4n) is 3.37. The van der Waals surface area contributed by atoms with Crippen molar-refractivity contribution in [2.75, 3.05) is 30.8 Å². The van der Waals surface area contributed by atoms with Crippen molar-refractivity contribution in [1.82, 2.24) is 10.2 Å². The van der Waals surface area contributed by atoms with Gasteiger partial charge in [-0.3, -0.25) is 13.9 Å². The Kier molecular flexibility index (Phi) is 9.92. The predicted octanol–water partition coefficient (Wildman–Crippen LogP) is 3.10. The Morgan fingerprint density at radius 3 is 2.21 bits per heavy atom. The van der Waals surface area contributed by atoms with Gasteiger partial charge in [0.2, 0.25) is 21.8 Å². The van der Waals surface area contributed by atoms with Gasteiger partial charge in [-0.2, -0.15) is 0 Å². The number of benzene rings is 2. The second kappa shape index (κ2) is 12.4. The predicted molar refractivity (Wildman–Crippen MR) is 134 cm³/mol. The minimum Gasteiger partial charge on any atom is -0.497 e. The molecule has 2 rings (SSSR count). The first kappa shape index (κ1) is 27.2. The number of nitrogens with one attached hydrogen (secondary N) is 1. The van der Waals surface area contributed by atoms with Crippen molar-refractivity contribution >= 4 is 27.5 Å². The summed E-state index contributed by atoms with van der Waals surface area (Å²) in [7, 11) is -2.25. The van der Waals surface area contributed by atoms with Gasteiger partial charge in [0.05, 0.1) is 19.1 Å². The van der Waals surface area contributed by atoms with E-state index in [1.54, 1.807) is 31.2 Å². The normalized spacial score (nSPS) is 12.0. The average Bonchev–Trinajstić information content (AvgIpc) is 2.81. The summed E-state index contributed by atoms with van der Waals surface area (Å²) in [5, 5.41) is 2.86. The minimum atomic E-state index is -3.76. The SMILES string of the molecule is CCCCNC(=O)[C@H](C)N(Cc1ccc(C)cc1)C(=O)CN(c1ccc(OC)cc1)S(C)(=O)=O. The Bertz CT molecular complexity index is 1050. The van der Waals surface area contributed by atoms with Gasteiger partial charge in [-0.05, 0) is 50.1 Å². The Labute approximate surface area is 202 Å². The molecule has 2 aromatic rings. The lowest BCUT2D eigenvalue weighted by atomic mass is 10.1. The number of aryl methyl sites for hydroxylation is 1. The van der Waals surface area contributed by atoms with E-state index in [1.165, 1.54) is 12.0 Å². The maximum Gasteiger partial charge on any atom is 0.244 e. The van der Waals surface area contributed by atoms with Crippen LogP contribution in [0.4, 0.5) is 5.69 Å². The van der Waals surface area contributed by atoms with Crippen LogP contribution in [0.1, 0.15) is 37.8 Å². The monoisotopic (exact) mass is 489 g/mol. The summed E-state index contributed by atoms with van der Waals surface area (Å²) in [6.07, 6.45) is 2.82. The largest absolute Gasteiger partial charge is 0.497 e. The van der Waals surface area contributed by atoms with Crippen LogP contribution in [0.2, 0.25) is 0 Å². The maximum absolute atomic E-state index is 13.5. The molecule has 34 heavy (non-hydrogen) atoms. The molecule has 0 aliphatic heterocycles. The van der Waals surface area contributed by atoms with Gasteiger partial charge in [0, 0.05) is 13.1 Å². The van der Waals surface area contributed by atoms with Gasteiger partial charge in [-0.15, -0.1) is 0 Å². The molecule has 0 bridgehead atoms. The van der Waals surface area contributed by atoms with Crippen molar-refractivity contribution in [1.29, 1.82) is 0 Å². The third-order valence-electron chi connectivity index (χ3n) is 5.51. The van der Waals surface area contributed by atoms with Crippen molar-refractivity contribution in [2.45, 2.75) is 46.2 Å². The summed E-state index contributed by atoms with van der Waals surface area (Å²) in [5.74, 6) is -0.175. The van der Waals surface area contributed by atoms with Gasteiger partial charge in [0.25, 0.3) is 0 Å². The van der Waals surface area contributed by atoms with Crippen LogP contribution in [0.15, 0.2) is 48.5 Å². The summed E-state index contributed by atoms with van der Waals surface area (Å²) in [6.45, 7) is 5.93. The highest BCUT2D eigenvalue weighted by Crippen LogP contribution is 2.22. The molecule has 1 atom stereocenters. The molecule has 2 amide bonds. The standard InChI is InChI=1S/C25H35N3O5S/c1-6-7-16-26-25(30)20(3)27(17-21-10-8-19(2)9-11-21)24(29)18-28(34(5,31)32)22-12-14-23(33-4)15-13-22/h8-15,20H,6-7,16-18H2,1-5H3,(H,26,30)/t20-/m0/s1. The summed E-state index contributed by atoms with van der Waals surface area (Å²) in [6, 6.07) is 13.3. The van der Waals surface area contributed by atoms with E-state index in [4.69, 9.17) is 4.74 Å². The molecule has 0 heterocycles. The molecule has 186 valence electrons. The minimum absolute atomic E-state index is 0.182. The number of carbonyl (C=O) groups is 2. The molecule has 0 fully saturated rings. The van der Waals surface area contributed by atoms with E-state index in [0.717, 1.165) is 34.5 Å². The molecule has 0 radical (unpaired) electrons. The number of sulfonamides is 1. The Morgan fingerprint density at radius 1 is 1.06 bits per heavy atom. The molecule has 0 aliphatic carbocycles. The lowest BCUT2D eigenvalue weighted by Gasteiger charge is -2.31. The van der Waals surface area contributed by atoms with E-state index in [9.17, 15) is 18.0 Å². The Hall–Kier alpha value is -3.07. The summed E-state index contributed by atoms with van der Waals surface area (Å²) in [4.78, 5) is 27.7. The van der Waals surface area contributed by atoms with E-state index in [1.807, 2.05) is 38.1 Å². The first-order chi connectivity index (χ1) is 16.1. The molecule has 1 N–H and O–H groups in total. The third-order valence-corrected chi connectivity index (χ3v) is 6.65. The second-order valence-corrected chi connectivity index (χ2v) is 10.2. The van der Waals surface area contributed by atoms with E-state index >= 15 is 0 Å². The lowest BCUT2D eigenvalue weighted by Crippen LogP contribution is -2.51. The molecule has 0 saturated carbocycles. The van der Waals surface area contributed by atoms with Gasteiger partial charge < -0.3 is 15.0 Å². The first-order valence-electron chi connectivity index (χ1n) is 11.3. The van der Waals surface area contributed by atoms with Crippen LogP contribution in [0.3, 0.4) is 0 Å². The zero-order chi connectivity index (χ0) is 25.3. The molecule has 0 aromatic heterocycles. The van der Waals surface area contributed by atoms with Gasteiger partial charge in [-0.1, -0.05) is 43.2 Å². The van der Waals surface area contributed by atoms with E-state index < -0.39 is 28.5 Å². The quantitative estimate of drug-likeness (QED) is 0.462. The molecule has 0 spiro atoms. The van der Waals surface area contributed by atoms with Gasteiger partial charge in [-0.25, -0.2) is 8.42 Å². The molecule has 2 aromatic carbocycles. The average molecular weight is 490 g/mol. The van der Waals surface area contributed by atoms with Gasteiger partial charge in [0.15, 0.2) is 0 Å². The van der Waals surface area contributed by atoms with Gasteiger partial charge in [0.1, 0.15) is 18.3 Å². The Morgan fingerprint density at radius 2 is 1.68 bits per heavy atom. The van der Waals surface area contributed by atoms with Crippen LogP contribution in [0, 0.1) is 6.92 Å². The molecule has 8 nitrogen and oxygen atoms in total. The van der Waals surface area contributed by atoms with Gasteiger partial charge >= 0.3 is 0 Å². The van der Waals surface area contributed by atoms with Crippen molar-refractivity contribution < 1.29 is 22.7 Å². The number of hydrogen-bond donors (Lipinski definition) is 1. The van der Waals surface area contributed by atoms with Crippen LogP contribution in [0.25, 0.3) is 0 Å². The topological polar surface area (TPSA) is 96.0 Å². The fraction of sp³-hybridized carbons (Fsp3) is 0.440. The molecular weight excluding hydrogens is 454 g/mol. The highest BCUT2D eigenvalue weighted by Gasteiger charge is 2.30. The number of methoxy groups -OCH3 is 1. The number of anilines is 1. The summed E-state index contributed by atoms with van der Waals surface area (Å²) < 4.78 is 31.3. The van der Waals surface area contributed by atoms with Crippen molar-refractivity contribution in [3.05, 3.63) is 59.7 Å². The smallest absolute Gasteiger partial charge is 0.244 e.